The van der Waals surface area contributed by atoms with Gasteiger partial charge in [-0.15, -0.1) is 0 Å². The summed E-state index contributed by atoms with van der Waals surface area (Å²) in [7, 11) is 0. The van der Waals surface area contributed by atoms with Crippen molar-refractivity contribution in [3.8, 4) is 0 Å². The zero-order valence-corrected chi connectivity index (χ0v) is 14.9. The summed E-state index contributed by atoms with van der Waals surface area (Å²) in [5.74, 6) is 1.63. The molecule has 2 atom stereocenters. The first-order valence-corrected chi connectivity index (χ1v) is 8.84. The summed E-state index contributed by atoms with van der Waals surface area (Å²) in [6.45, 7) is 5.70. The van der Waals surface area contributed by atoms with E-state index in [1.807, 2.05) is 0 Å². The summed E-state index contributed by atoms with van der Waals surface area (Å²) >= 11 is 7.09. The molecule has 1 aromatic carbocycles. The van der Waals surface area contributed by atoms with Crippen molar-refractivity contribution in [1.29, 1.82) is 0 Å². The zero-order chi connectivity index (χ0) is 13.8. The van der Waals surface area contributed by atoms with E-state index in [-0.39, 0.29) is 0 Å². The van der Waals surface area contributed by atoms with Crippen molar-refractivity contribution in [1.82, 2.24) is 5.32 Å². The summed E-state index contributed by atoms with van der Waals surface area (Å²) in [5.41, 5.74) is 1.35. The summed E-state index contributed by atoms with van der Waals surface area (Å²) in [5, 5.41) is 3.78. The van der Waals surface area contributed by atoms with Crippen molar-refractivity contribution < 1.29 is 0 Å². The van der Waals surface area contributed by atoms with Crippen LogP contribution in [-0.4, -0.2) is 6.04 Å². The van der Waals surface area contributed by atoms with Crippen molar-refractivity contribution in [3.05, 3.63) is 32.7 Å². The molecule has 1 saturated carbocycles. The highest BCUT2D eigenvalue weighted by Crippen LogP contribution is 2.30. The fraction of sp³-hybridized carbons (Fsp3) is 0.625. The van der Waals surface area contributed by atoms with Gasteiger partial charge in [-0.25, -0.2) is 0 Å². The third-order valence-electron chi connectivity index (χ3n) is 4.23. The number of nitrogens with one attached hydrogen (secondary N) is 1. The molecule has 0 amide bonds. The summed E-state index contributed by atoms with van der Waals surface area (Å²) in [6, 6.07) is 7.19. The smallest absolute Gasteiger partial charge is 0.0320 e. The Morgan fingerprint density at radius 3 is 2.58 bits per heavy atom. The minimum atomic E-state index is 0.691. The van der Waals surface area contributed by atoms with Gasteiger partial charge in [0.05, 0.1) is 0 Å². The van der Waals surface area contributed by atoms with Crippen molar-refractivity contribution >= 4 is 31.9 Å². The number of halogens is 2. The van der Waals surface area contributed by atoms with Gasteiger partial charge in [0, 0.05) is 21.5 Å². The fourth-order valence-corrected chi connectivity index (χ4v) is 3.78. The second-order valence-electron chi connectivity index (χ2n) is 5.93. The molecule has 1 nitrogen and oxygen atoms in total. The highest BCUT2D eigenvalue weighted by Gasteiger charge is 2.26. The largest absolute Gasteiger partial charge is 0.310 e. The lowest BCUT2D eigenvalue weighted by molar-refractivity contribution is 0.204. The molecule has 0 heterocycles. The fourth-order valence-electron chi connectivity index (χ4n) is 3.11. The quantitative estimate of drug-likeness (QED) is 0.716. The second kappa shape index (κ2) is 7.24. The van der Waals surface area contributed by atoms with Gasteiger partial charge in [0.15, 0.2) is 0 Å². The first-order chi connectivity index (χ1) is 9.08. The molecule has 0 saturated heterocycles. The molecule has 1 aliphatic carbocycles. The van der Waals surface area contributed by atoms with Gasteiger partial charge in [0.1, 0.15) is 0 Å². The van der Waals surface area contributed by atoms with Crippen LogP contribution >= 0.6 is 31.9 Å². The molecule has 2 rings (SSSR count). The van der Waals surface area contributed by atoms with E-state index in [2.05, 4.69) is 69.2 Å². The Kier molecular flexibility index (Phi) is 5.91. The Bertz CT molecular complexity index is 417. The molecule has 3 heteroatoms. The lowest BCUT2D eigenvalue weighted by Gasteiger charge is -2.35. The molecule has 106 valence electrons. The van der Waals surface area contributed by atoms with Crippen molar-refractivity contribution in [2.24, 2.45) is 11.8 Å². The predicted octanol–water partition coefficient (Wildman–Crippen LogP) is 5.52. The Morgan fingerprint density at radius 2 is 1.89 bits per heavy atom. The van der Waals surface area contributed by atoms with E-state index in [1.54, 1.807) is 0 Å². The number of hydrogen-bond donors (Lipinski definition) is 1. The van der Waals surface area contributed by atoms with Gasteiger partial charge in [-0.1, -0.05) is 32.8 Å². The molecule has 2 unspecified atom stereocenters. The minimum Gasteiger partial charge on any atom is -0.310 e. The van der Waals surface area contributed by atoms with Crippen molar-refractivity contribution in [2.45, 2.75) is 52.1 Å². The van der Waals surface area contributed by atoms with Crippen LogP contribution in [0.1, 0.15) is 45.1 Å². The molecule has 1 aliphatic rings. The van der Waals surface area contributed by atoms with Gasteiger partial charge >= 0.3 is 0 Å². The van der Waals surface area contributed by atoms with Crippen LogP contribution < -0.4 is 5.32 Å². The van der Waals surface area contributed by atoms with Crippen molar-refractivity contribution in [3.63, 3.8) is 0 Å². The van der Waals surface area contributed by atoms with Crippen LogP contribution in [-0.2, 0) is 6.54 Å². The average Bonchev–Trinajstić information content (AvgIpc) is 2.40. The van der Waals surface area contributed by atoms with E-state index in [4.69, 9.17) is 0 Å². The van der Waals surface area contributed by atoms with Crippen LogP contribution in [0.3, 0.4) is 0 Å². The molecule has 0 aliphatic heterocycles. The molecule has 0 spiro atoms. The Balaban J connectivity index is 1.94. The number of benzene rings is 1. The Labute approximate surface area is 133 Å². The SMILES string of the molecule is CC(C)C1CCCCC1NCc1ccc(Br)c(Br)c1. The van der Waals surface area contributed by atoms with Crippen LogP contribution in [0.25, 0.3) is 0 Å². The molecule has 1 fully saturated rings. The maximum atomic E-state index is 3.78. The Morgan fingerprint density at radius 1 is 1.16 bits per heavy atom. The van der Waals surface area contributed by atoms with Gasteiger partial charge in [0.2, 0.25) is 0 Å². The normalized spacial score (nSPS) is 23.8. The van der Waals surface area contributed by atoms with Crippen LogP contribution in [0.15, 0.2) is 27.1 Å². The lowest BCUT2D eigenvalue weighted by atomic mass is 9.78. The van der Waals surface area contributed by atoms with E-state index >= 15 is 0 Å². The average molecular weight is 389 g/mol. The molecule has 1 N–H and O–H groups in total. The van der Waals surface area contributed by atoms with Crippen molar-refractivity contribution in [2.75, 3.05) is 0 Å². The van der Waals surface area contributed by atoms with Gasteiger partial charge in [-0.2, -0.15) is 0 Å². The minimum absolute atomic E-state index is 0.691. The molecular formula is C16H23Br2N. The monoisotopic (exact) mass is 387 g/mol. The molecule has 19 heavy (non-hydrogen) atoms. The maximum Gasteiger partial charge on any atom is 0.0320 e. The zero-order valence-electron chi connectivity index (χ0n) is 11.8. The van der Waals surface area contributed by atoms with E-state index in [1.165, 1.54) is 31.2 Å². The molecule has 1 aromatic rings. The lowest BCUT2D eigenvalue weighted by Crippen LogP contribution is -2.40. The van der Waals surface area contributed by atoms with Crippen LogP contribution in [0.5, 0.6) is 0 Å². The van der Waals surface area contributed by atoms with E-state index in [0.717, 1.165) is 27.3 Å². The maximum absolute atomic E-state index is 3.78. The van der Waals surface area contributed by atoms with Crippen LogP contribution in [0.2, 0.25) is 0 Å². The topological polar surface area (TPSA) is 12.0 Å². The highest BCUT2D eigenvalue weighted by atomic mass is 79.9. The van der Waals surface area contributed by atoms with Gasteiger partial charge in [0.25, 0.3) is 0 Å². The van der Waals surface area contributed by atoms with Gasteiger partial charge in [-0.3, -0.25) is 0 Å². The van der Waals surface area contributed by atoms with Gasteiger partial charge < -0.3 is 5.32 Å². The van der Waals surface area contributed by atoms with E-state index in [0.29, 0.717) is 6.04 Å². The predicted molar refractivity (Wildman–Crippen MR) is 89.3 cm³/mol. The standard InChI is InChI=1S/C16H23Br2N/c1-11(2)13-5-3-4-6-16(13)19-10-12-7-8-14(17)15(18)9-12/h7-9,11,13,16,19H,3-6,10H2,1-2H3. The molecule has 0 bridgehead atoms. The second-order valence-corrected chi connectivity index (χ2v) is 7.64. The van der Waals surface area contributed by atoms with Crippen LogP contribution in [0, 0.1) is 11.8 Å². The van der Waals surface area contributed by atoms with E-state index < -0.39 is 0 Å². The summed E-state index contributed by atoms with van der Waals surface area (Å²) in [6.07, 6.45) is 5.51. The first kappa shape index (κ1) is 15.5. The third-order valence-corrected chi connectivity index (χ3v) is 6.11. The summed E-state index contributed by atoms with van der Waals surface area (Å²) in [4.78, 5) is 0. The first-order valence-electron chi connectivity index (χ1n) is 7.25. The Hall–Kier alpha value is 0.140. The molecule has 0 radical (unpaired) electrons. The highest BCUT2D eigenvalue weighted by molar-refractivity contribution is 9.13. The molecule has 0 aromatic heterocycles. The number of hydrogen-bond acceptors (Lipinski definition) is 1. The number of rotatable bonds is 4. The van der Waals surface area contributed by atoms with Gasteiger partial charge in [-0.05, 0) is 74.2 Å². The third kappa shape index (κ3) is 4.30. The molecular weight excluding hydrogens is 366 g/mol. The van der Waals surface area contributed by atoms with E-state index in [9.17, 15) is 0 Å². The van der Waals surface area contributed by atoms with Crippen LogP contribution in [0.4, 0.5) is 0 Å². The summed E-state index contributed by atoms with van der Waals surface area (Å²) < 4.78 is 2.25.